The molecule has 0 unspecified atom stereocenters. The SMILES string of the molecule is CCc1nccn1CC(=O)N1CCC[C@@H]1c1nc(C)cn1C. The van der Waals surface area contributed by atoms with Gasteiger partial charge in [0, 0.05) is 38.6 Å². The average Bonchev–Trinajstić information content (AvgIpc) is 3.18. The highest BCUT2D eigenvalue weighted by Gasteiger charge is 2.32. The second-order valence-corrected chi connectivity index (χ2v) is 5.92. The highest BCUT2D eigenvalue weighted by Crippen LogP contribution is 2.31. The molecule has 0 spiro atoms. The van der Waals surface area contributed by atoms with E-state index in [0.717, 1.165) is 43.1 Å². The van der Waals surface area contributed by atoms with Crippen molar-refractivity contribution in [2.24, 2.45) is 7.05 Å². The van der Waals surface area contributed by atoms with Crippen LogP contribution in [0.2, 0.25) is 0 Å². The molecule has 3 rings (SSSR count). The minimum atomic E-state index is 0.0970. The van der Waals surface area contributed by atoms with Gasteiger partial charge >= 0.3 is 0 Å². The number of rotatable bonds is 4. The quantitative estimate of drug-likeness (QED) is 0.866. The molecular weight excluding hydrogens is 278 g/mol. The molecule has 1 aliphatic heterocycles. The van der Waals surface area contributed by atoms with Crippen LogP contribution < -0.4 is 0 Å². The summed E-state index contributed by atoms with van der Waals surface area (Å²) < 4.78 is 3.99. The van der Waals surface area contributed by atoms with Crippen molar-refractivity contribution < 1.29 is 4.79 Å². The van der Waals surface area contributed by atoms with Crippen LogP contribution in [-0.2, 0) is 24.8 Å². The fraction of sp³-hybridized carbons (Fsp3) is 0.562. The van der Waals surface area contributed by atoms with E-state index in [4.69, 9.17) is 0 Å². The molecule has 0 bridgehead atoms. The van der Waals surface area contributed by atoms with Gasteiger partial charge in [0.15, 0.2) is 0 Å². The molecule has 1 aliphatic rings. The lowest BCUT2D eigenvalue weighted by Crippen LogP contribution is -2.34. The van der Waals surface area contributed by atoms with E-state index in [9.17, 15) is 4.79 Å². The van der Waals surface area contributed by atoms with Gasteiger partial charge in [-0.1, -0.05) is 6.92 Å². The molecule has 1 fully saturated rings. The molecule has 0 radical (unpaired) electrons. The Morgan fingerprint density at radius 3 is 2.95 bits per heavy atom. The number of amides is 1. The largest absolute Gasteiger partial charge is 0.336 e. The molecule has 3 heterocycles. The Morgan fingerprint density at radius 1 is 1.45 bits per heavy atom. The van der Waals surface area contributed by atoms with Crippen molar-refractivity contribution in [3.63, 3.8) is 0 Å². The number of hydrogen-bond acceptors (Lipinski definition) is 3. The maximum Gasteiger partial charge on any atom is 0.243 e. The predicted octanol–water partition coefficient (Wildman–Crippen LogP) is 1.85. The number of aryl methyl sites for hydroxylation is 3. The lowest BCUT2D eigenvalue weighted by atomic mass is 10.2. The van der Waals surface area contributed by atoms with E-state index in [1.807, 2.05) is 40.4 Å². The Bertz CT molecular complexity index is 672. The summed E-state index contributed by atoms with van der Waals surface area (Å²) in [6.45, 7) is 5.22. The number of carbonyl (C=O) groups excluding carboxylic acids is 1. The molecule has 1 atom stereocenters. The molecule has 22 heavy (non-hydrogen) atoms. The summed E-state index contributed by atoms with van der Waals surface area (Å²) in [6, 6.07) is 0.0970. The third-order valence-electron chi connectivity index (χ3n) is 4.33. The van der Waals surface area contributed by atoms with Crippen LogP contribution in [0.3, 0.4) is 0 Å². The van der Waals surface area contributed by atoms with Crippen LogP contribution in [0.4, 0.5) is 0 Å². The molecule has 6 nitrogen and oxygen atoms in total. The van der Waals surface area contributed by atoms with E-state index in [1.165, 1.54) is 0 Å². The van der Waals surface area contributed by atoms with E-state index in [0.29, 0.717) is 6.54 Å². The fourth-order valence-electron chi connectivity index (χ4n) is 3.31. The zero-order valence-corrected chi connectivity index (χ0v) is 13.5. The van der Waals surface area contributed by atoms with Crippen LogP contribution in [0, 0.1) is 6.92 Å². The smallest absolute Gasteiger partial charge is 0.243 e. The van der Waals surface area contributed by atoms with Gasteiger partial charge in [-0.05, 0) is 19.8 Å². The maximum absolute atomic E-state index is 12.7. The second-order valence-electron chi connectivity index (χ2n) is 5.92. The Hall–Kier alpha value is -2.11. The van der Waals surface area contributed by atoms with E-state index < -0.39 is 0 Å². The van der Waals surface area contributed by atoms with Gasteiger partial charge in [-0.15, -0.1) is 0 Å². The van der Waals surface area contributed by atoms with E-state index in [2.05, 4.69) is 16.9 Å². The summed E-state index contributed by atoms with van der Waals surface area (Å²) in [5.41, 5.74) is 1.000. The summed E-state index contributed by atoms with van der Waals surface area (Å²) in [5.74, 6) is 2.09. The summed E-state index contributed by atoms with van der Waals surface area (Å²) >= 11 is 0. The number of carbonyl (C=O) groups is 1. The molecule has 118 valence electrons. The monoisotopic (exact) mass is 301 g/mol. The highest BCUT2D eigenvalue weighted by atomic mass is 16.2. The number of nitrogens with zero attached hydrogens (tertiary/aromatic N) is 5. The number of likely N-dealkylation sites (tertiary alicyclic amines) is 1. The van der Waals surface area contributed by atoms with E-state index in [-0.39, 0.29) is 11.9 Å². The van der Waals surface area contributed by atoms with Gasteiger partial charge in [0.05, 0.1) is 11.7 Å². The standard InChI is InChI=1S/C16H23N5O/c1-4-14-17-7-9-20(14)11-15(22)21-8-5-6-13(21)16-18-12(2)10-19(16)3/h7,9-10,13H,4-6,8,11H2,1-3H3/t13-/m1/s1. The highest BCUT2D eigenvalue weighted by molar-refractivity contribution is 5.76. The summed E-state index contributed by atoms with van der Waals surface area (Å²) in [6.07, 6.45) is 8.51. The third kappa shape index (κ3) is 2.65. The summed E-state index contributed by atoms with van der Waals surface area (Å²) in [4.78, 5) is 23.6. The first-order chi connectivity index (χ1) is 10.6. The number of hydrogen-bond donors (Lipinski definition) is 0. The molecule has 1 saturated heterocycles. The van der Waals surface area contributed by atoms with Crippen molar-refractivity contribution in [1.29, 1.82) is 0 Å². The lowest BCUT2D eigenvalue weighted by Gasteiger charge is -2.24. The topological polar surface area (TPSA) is 56.0 Å². The van der Waals surface area contributed by atoms with Crippen molar-refractivity contribution in [1.82, 2.24) is 24.0 Å². The first-order valence-corrected chi connectivity index (χ1v) is 7.89. The van der Waals surface area contributed by atoms with Gasteiger partial charge in [0.1, 0.15) is 18.2 Å². The molecule has 0 saturated carbocycles. The van der Waals surface area contributed by atoms with E-state index >= 15 is 0 Å². The van der Waals surface area contributed by atoms with Gasteiger partial charge in [-0.3, -0.25) is 4.79 Å². The second kappa shape index (κ2) is 5.94. The Morgan fingerprint density at radius 2 is 2.27 bits per heavy atom. The Balaban J connectivity index is 1.78. The van der Waals surface area contributed by atoms with Crippen LogP contribution >= 0.6 is 0 Å². The Kier molecular flexibility index (Phi) is 4.00. The zero-order valence-electron chi connectivity index (χ0n) is 13.5. The van der Waals surface area contributed by atoms with Gasteiger partial charge in [-0.25, -0.2) is 9.97 Å². The third-order valence-corrected chi connectivity index (χ3v) is 4.33. The van der Waals surface area contributed by atoms with Crippen LogP contribution in [0.25, 0.3) is 0 Å². The molecule has 0 aromatic carbocycles. The maximum atomic E-state index is 12.7. The predicted molar refractivity (Wildman–Crippen MR) is 83.2 cm³/mol. The molecule has 0 N–H and O–H groups in total. The Labute approximate surface area is 130 Å². The first kappa shape index (κ1) is 14.8. The zero-order chi connectivity index (χ0) is 15.7. The van der Waals surface area contributed by atoms with Crippen LogP contribution in [0.5, 0.6) is 0 Å². The van der Waals surface area contributed by atoms with Gasteiger partial charge in [0.25, 0.3) is 0 Å². The van der Waals surface area contributed by atoms with Gasteiger partial charge in [-0.2, -0.15) is 0 Å². The molecule has 2 aromatic rings. The van der Waals surface area contributed by atoms with Gasteiger partial charge < -0.3 is 14.0 Å². The minimum absolute atomic E-state index is 0.0970. The van der Waals surface area contributed by atoms with Crippen molar-refractivity contribution in [3.05, 3.63) is 35.9 Å². The average molecular weight is 301 g/mol. The number of imidazole rings is 2. The summed E-state index contributed by atoms with van der Waals surface area (Å²) in [5, 5.41) is 0. The van der Waals surface area contributed by atoms with Crippen molar-refractivity contribution in [2.75, 3.05) is 6.54 Å². The van der Waals surface area contributed by atoms with Crippen molar-refractivity contribution >= 4 is 5.91 Å². The first-order valence-electron chi connectivity index (χ1n) is 7.89. The van der Waals surface area contributed by atoms with Crippen LogP contribution in [-0.4, -0.2) is 36.5 Å². The minimum Gasteiger partial charge on any atom is -0.336 e. The molecule has 1 amide bonds. The van der Waals surface area contributed by atoms with Crippen LogP contribution in [0.15, 0.2) is 18.6 Å². The fourth-order valence-corrected chi connectivity index (χ4v) is 3.31. The van der Waals surface area contributed by atoms with Crippen molar-refractivity contribution in [3.8, 4) is 0 Å². The molecular formula is C16H23N5O. The van der Waals surface area contributed by atoms with Crippen LogP contribution in [0.1, 0.15) is 43.1 Å². The molecule has 2 aromatic heterocycles. The van der Waals surface area contributed by atoms with Gasteiger partial charge in [0.2, 0.25) is 5.91 Å². The van der Waals surface area contributed by atoms with Crippen molar-refractivity contribution in [2.45, 2.75) is 45.7 Å². The summed E-state index contributed by atoms with van der Waals surface area (Å²) in [7, 11) is 2.00. The van der Waals surface area contributed by atoms with E-state index in [1.54, 1.807) is 6.20 Å². The lowest BCUT2D eigenvalue weighted by molar-refractivity contribution is -0.133. The number of aromatic nitrogens is 4. The molecule has 0 aliphatic carbocycles. The molecule has 6 heteroatoms. The normalized spacial score (nSPS) is 18.1.